The summed E-state index contributed by atoms with van der Waals surface area (Å²) in [6, 6.07) is 27.0. The number of carbonyl (C=O) groups excluding carboxylic acids is 1. The van der Waals surface area contributed by atoms with Gasteiger partial charge in [0.15, 0.2) is 5.17 Å². The van der Waals surface area contributed by atoms with Crippen LogP contribution in [-0.4, -0.2) is 11.1 Å². The number of carbonyl (C=O) groups is 1. The summed E-state index contributed by atoms with van der Waals surface area (Å²) in [5.41, 5.74) is 4.56. The largest absolute Gasteiger partial charge is 0.457 e. The molecule has 3 aromatic carbocycles. The minimum atomic E-state index is -0.141. The summed E-state index contributed by atoms with van der Waals surface area (Å²) in [5, 5.41) is 1.21. The maximum Gasteiger partial charge on any atom is 0.271 e. The number of nitrogens with zero attached hydrogens (tertiary/aromatic N) is 2. The highest BCUT2D eigenvalue weighted by Crippen LogP contribution is 2.38. The van der Waals surface area contributed by atoms with Crippen LogP contribution in [0.25, 0.3) is 17.4 Å². The van der Waals surface area contributed by atoms with E-state index in [0.717, 1.165) is 28.1 Å². The van der Waals surface area contributed by atoms with Crippen LogP contribution in [-0.2, 0) is 4.79 Å². The van der Waals surface area contributed by atoms with Crippen molar-refractivity contribution in [2.45, 2.75) is 13.8 Å². The van der Waals surface area contributed by atoms with Crippen LogP contribution in [0.4, 0.5) is 11.4 Å². The normalized spacial score (nSPS) is 16.1. The number of hydrogen-bond donors (Lipinski definition) is 0. The SMILES string of the molecule is Cc1cccc(N=C2S/C(=C\c3ccc(-c4ccccc4Cl)o3)C(=O)N2c2cccc(C)c2)c1. The highest BCUT2D eigenvalue weighted by molar-refractivity contribution is 8.19. The van der Waals surface area contributed by atoms with Gasteiger partial charge in [0.1, 0.15) is 11.5 Å². The number of thioether (sulfide) groups is 1. The fourth-order valence-electron chi connectivity index (χ4n) is 3.72. The van der Waals surface area contributed by atoms with Gasteiger partial charge in [-0.15, -0.1) is 0 Å². The van der Waals surface area contributed by atoms with E-state index in [2.05, 4.69) is 0 Å². The predicted octanol–water partition coefficient (Wildman–Crippen LogP) is 8.03. The number of amides is 1. The molecule has 0 radical (unpaired) electrons. The monoisotopic (exact) mass is 484 g/mol. The van der Waals surface area contributed by atoms with Gasteiger partial charge in [-0.25, -0.2) is 4.99 Å². The van der Waals surface area contributed by atoms with Crippen molar-refractivity contribution in [2.24, 2.45) is 4.99 Å². The van der Waals surface area contributed by atoms with Crippen molar-refractivity contribution in [3.8, 4) is 11.3 Å². The number of benzene rings is 3. The van der Waals surface area contributed by atoms with Gasteiger partial charge >= 0.3 is 0 Å². The molecule has 0 unspecified atom stereocenters. The van der Waals surface area contributed by atoms with Crippen LogP contribution in [0.1, 0.15) is 16.9 Å². The molecule has 1 amide bonds. The van der Waals surface area contributed by atoms with Crippen molar-refractivity contribution in [2.75, 3.05) is 4.90 Å². The van der Waals surface area contributed by atoms with Crippen LogP contribution < -0.4 is 4.90 Å². The Bertz CT molecular complexity index is 1450. The molecule has 1 fully saturated rings. The quantitative estimate of drug-likeness (QED) is 0.275. The molecule has 1 saturated heterocycles. The minimum absolute atomic E-state index is 0.141. The zero-order valence-electron chi connectivity index (χ0n) is 18.7. The molecule has 6 heteroatoms. The molecule has 0 N–H and O–H groups in total. The molecule has 5 rings (SSSR count). The molecule has 2 heterocycles. The summed E-state index contributed by atoms with van der Waals surface area (Å²) >= 11 is 7.65. The van der Waals surface area contributed by atoms with Gasteiger partial charge in [-0.2, -0.15) is 0 Å². The van der Waals surface area contributed by atoms with Gasteiger partial charge in [0.25, 0.3) is 5.91 Å². The summed E-state index contributed by atoms with van der Waals surface area (Å²) in [4.78, 5) is 20.5. The number of aliphatic imine (C=N–C) groups is 1. The lowest BCUT2D eigenvalue weighted by Crippen LogP contribution is -2.28. The molecule has 1 aliphatic heterocycles. The Morgan fingerprint density at radius 1 is 0.912 bits per heavy atom. The highest BCUT2D eigenvalue weighted by Gasteiger charge is 2.35. The van der Waals surface area contributed by atoms with Crippen LogP contribution in [0.3, 0.4) is 0 Å². The lowest BCUT2D eigenvalue weighted by Gasteiger charge is -2.16. The van der Waals surface area contributed by atoms with E-state index in [9.17, 15) is 4.79 Å². The molecule has 0 saturated carbocycles. The third kappa shape index (κ3) is 4.58. The Kier molecular flexibility index (Phi) is 6.14. The summed E-state index contributed by atoms with van der Waals surface area (Å²) in [7, 11) is 0. The van der Waals surface area contributed by atoms with Gasteiger partial charge in [-0.3, -0.25) is 9.69 Å². The smallest absolute Gasteiger partial charge is 0.271 e. The Morgan fingerprint density at radius 2 is 1.68 bits per heavy atom. The van der Waals surface area contributed by atoms with Crippen LogP contribution in [0.5, 0.6) is 0 Å². The van der Waals surface area contributed by atoms with E-state index in [1.54, 1.807) is 11.0 Å². The van der Waals surface area contributed by atoms with E-state index in [1.807, 2.05) is 98.8 Å². The summed E-state index contributed by atoms with van der Waals surface area (Å²) in [5.74, 6) is 1.08. The second-order valence-corrected chi connectivity index (χ2v) is 9.42. The number of rotatable bonds is 4. The van der Waals surface area contributed by atoms with Crippen molar-refractivity contribution >= 4 is 51.9 Å². The maximum absolute atomic E-state index is 13.5. The zero-order chi connectivity index (χ0) is 23.7. The summed E-state index contributed by atoms with van der Waals surface area (Å²) in [6.45, 7) is 4.03. The van der Waals surface area contributed by atoms with Crippen molar-refractivity contribution in [3.63, 3.8) is 0 Å². The molecule has 34 heavy (non-hydrogen) atoms. The second-order valence-electron chi connectivity index (χ2n) is 8.01. The maximum atomic E-state index is 13.5. The van der Waals surface area contributed by atoms with E-state index in [-0.39, 0.29) is 5.91 Å². The molecule has 4 nitrogen and oxygen atoms in total. The molecule has 1 aliphatic rings. The average Bonchev–Trinajstić information content (AvgIpc) is 3.39. The molecule has 0 spiro atoms. The van der Waals surface area contributed by atoms with Gasteiger partial charge in [-0.1, -0.05) is 48.0 Å². The number of anilines is 1. The van der Waals surface area contributed by atoms with E-state index in [0.29, 0.717) is 26.6 Å². The third-order valence-corrected chi connectivity index (χ3v) is 6.63. The van der Waals surface area contributed by atoms with Crippen molar-refractivity contribution < 1.29 is 9.21 Å². The number of amidine groups is 1. The Hall–Kier alpha value is -3.54. The van der Waals surface area contributed by atoms with Crippen molar-refractivity contribution in [1.29, 1.82) is 0 Å². The average molecular weight is 485 g/mol. The first-order chi connectivity index (χ1) is 16.5. The highest BCUT2D eigenvalue weighted by atomic mass is 35.5. The van der Waals surface area contributed by atoms with Crippen LogP contribution in [0, 0.1) is 13.8 Å². The number of furan rings is 1. The van der Waals surface area contributed by atoms with Gasteiger partial charge in [0.2, 0.25) is 0 Å². The molecule has 168 valence electrons. The van der Waals surface area contributed by atoms with Crippen LogP contribution in [0.15, 0.2) is 99.2 Å². The topological polar surface area (TPSA) is 45.8 Å². The molecule has 0 aliphatic carbocycles. The molecule has 4 aromatic rings. The number of aryl methyl sites for hydroxylation is 2. The second kappa shape index (κ2) is 9.37. The number of hydrogen-bond acceptors (Lipinski definition) is 4. The van der Waals surface area contributed by atoms with Gasteiger partial charge < -0.3 is 4.42 Å². The standard InChI is InChI=1S/C28H21ClN2O2S/c1-18-7-5-9-20(15-18)30-28-31(21-10-6-8-19(2)16-21)27(32)26(34-28)17-22-13-14-25(33-22)23-11-3-4-12-24(23)29/h3-17H,1-2H3/b26-17-,30-28?. The van der Waals surface area contributed by atoms with Crippen molar-refractivity contribution in [1.82, 2.24) is 0 Å². The van der Waals surface area contributed by atoms with E-state index in [1.165, 1.54) is 11.8 Å². The molecular weight excluding hydrogens is 464 g/mol. The third-order valence-electron chi connectivity index (χ3n) is 5.33. The lowest BCUT2D eigenvalue weighted by molar-refractivity contribution is -0.113. The van der Waals surface area contributed by atoms with E-state index < -0.39 is 0 Å². The summed E-state index contributed by atoms with van der Waals surface area (Å²) < 4.78 is 6.01. The molecule has 1 aromatic heterocycles. The molecular formula is C28H21ClN2O2S. The minimum Gasteiger partial charge on any atom is -0.457 e. The molecule has 0 atom stereocenters. The fourth-order valence-corrected chi connectivity index (χ4v) is 4.93. The first kappa shape index (κ1) is 22.3. The fraction of sp³-hybridized carbons (Fsp3) is 0.0714. The van der Waals surface area contributed by atoms with Gasteiger partial charge in [0, 0.05) is 11.6 Å². The van der Waals surface area contributed by atoms with Crippen molar-refractivity contribution in [3.05, 3.63) is 112 Å². The zero-order valence-corrected chi connectivity index (χ0v) is 20.2. The van der Waals surface area contributed by atoms with E-state index >= 15 is 0 Å². The van der Waals surface area contributed by atoms with Crippen LogP contribution in [0.2, 0.25) is 5.02 Å². The lowest BCUT2D eigenvalue weighted by atomic mass is 10.2. The molecule has 0 bridgehead atoms. The number of halogens is 1. The first-order valence-corrected chi connectivity index (χ1v) is 12.0. The summed E-state index contributed by atoms with van der Waals surface area (Å²) in [6.07, 6.45) is 1.76. The van der Waals surface area contributed by atoms with Crippen LogP contribution >= 0.6 is 23.4 Å². The van der Waals surface area contributed by atoms with Gasteiger partial charge in [0.05, 0.1) is 21.3 Å². The first-order valence-electron chi connectivity index (χ1n) is 10.8. The van der Waals surface area contributed by atoms with E-state index in [4.69, 9.17) is 21.0 Å². The van der Waals surface area contributed by atoms with Gasteiger partial charge in [-0.05, 0) is 85.3 Å². The predicted molar refractivity (Wildman–Crippen MR) is 142 cm³/mol. The Labute approximate surface area is 207 Å². The Morgan fingerprint density at radius 3 is 2.44 bits per heavy atom. The Balaban J connectivity index is 1.53.